The number of ether oxygens (including phenoxy) is 2. The van der Waals surface area contributed by atoms with Crippen molar-refractivity contribution >= 4 is 27.7 Å². The lowest BCUT2D eigenvalue weighted by Crippen LogP contribution is -2.49. The molecule has 3 aliphatic heterocycles. The molecule has 2 aromatic carbocycles. The van der Waals surface area contributed by atoms with Gasteiger partial charge in [0.25, 0.3) is 0 Å². The van der Waals surface area contributed by atoms with Crippen molar-refractivity contribution in [2.45, 2.75) is 44.2 Å². The second-order valence-electron chi connectivity index (χ2n) is 11.5. The maximum absolute atomic E-state index is 14.1. The standard InChI is InChI=1S/C31H39N3O8S/c1-32-28(31(37)38)20-23-6-3-8-26(18-23)42-25-7-2-5-22(17-25)19-27(34-10-4-16-43(34,39)40)29(35)21-24(30(32)36)9-11-33-12-14-41-15-13-33/h2-3,5-8,17-18,24,27-28H,4,9-16,19-21H2,1H3,(H,37,38)/t24-,27+,28+/m1/s1. The topological polar surface area (TPSA) is 134 Å². The smallest absolute Gasteiger partial charge is 0.326 e. The number of nitrogens with zero attached hydrogens (tertiary/aromatic N) is 3. The number of fused-ring (bicyclic) bond motifs is 4. The van der Waals surface area contributed by atoms with Gasteiger partial charge in [-0.15, -0.1) is 0 Å². The van der Waals surface area contributed by atoms with E-state index in [0.29, 0.717) is 62.8 Å². The zero-order chi connectivity index (χ0) is 30.6. The van der Waals surface area contributed by atoms with E-state index in [1.807, 2.05) is 6.07 Å². The number of benzene rings is 2. The highest BCUT2D eigenvalue weighted by Crippen LogP contribution is 2.29. The fraction of sp³-hybridized carbons (Fsp3) is 0.516. The Balaban J connectivity index is 1.53. The van der Waals surface area contributed by atoms with Gasteiger partial charge >= 0.3 is 5.97 Å². The summed E-state index contributed by atoms with van der Waals surface area (Å²) in [7, 11) is -2.18. The Morgan fingerprint density at radius 2 is 1.60 bits per heavy atom. The number of aliphatic carboxylic acids is 1. The molecule has 0 radical (unpaired) electrons. The Kier molecular flexibility index (Phi) is 9.80. The molecule has 12 heteroatoms. The highest BCUT2D eigenvalue weighted by atomic mass is 32.2. The van der Waals surface area contributed by atoms with Gasteiger partial charge in [0.2, 0.25) is 15.9 Å². The van der Waals surface area contributed by atoms with E-state index in [2.05, 4.69) is 4.90 Å². The van der Waals surface area contributed by atoms with E-state index < -0.39 is 39.9 Å². The van der Waals surface area contributed by atoms with Crippen molar-refractivity contribution in [1.29, 1.82) is 0 Å². The summed E-state index contributed by atoms with van der Waals surface area (Å²) in [5.74, 6) is -1.79. The van der Waals surface area contributed by atoms with Gasteiger partial charge in [-0.2, -0.15) is 4.31 Å². The van der Waals surface area contributed by atoms with E-state index in [-0.39, 0.29) is 37.3 Å². The molecule has 3 aliphatic rings. The monoisotopic (exact) mass is 613 g/mol. The van der Waals surface area contributed by atoms with E-state index in [0.717, 1.165) is 5.56 Å². The highest BCUT2D eigenvalue weighted by molar-refractivity contribution is 7.89. The molecular weight excluding hydrogens is 574 g/mol. The average Bonchev–Trinajstić information content (AvgIpc) is 3.34. The molecule has 4 bridgehead atoms. The molecule has 0 unspecified atom stereocenters. The first-order valence-electron chi connectivity index (χ1n) is 14.8. The SMILES string of the molecule is CN1C(=O)[C@H](CCN2CCOCC2)CC(=O)[C@@H](N2CCCS2(=O)=O)Cc2cccc(c2)Oc2cccc(c2)C[C@H]1C(=O)O. The number of hydrogen-bond donors (Lipinski definition) is 1. The Bertz CT molecular complexity index is 1440. The molecule has 43 heavy (non-hydrogen) atoms. The first-order chi connectivity index (χ1) is 20.6. The van der Waals surface area contributed by atoms with E-state index in [4.69, 9.17) is 9.47 Å². The third-order valence-corrected chi connectivity index (χ3v) is 10.5. The molecule has 3 atom stereocenters. The Morgan fingerprint density at radius 3 is 2.21 bits per heavy atom. The molecule has 0 spiro atoms. The number of carbonyl (C=O) groups is 3. The van der Waals surface area contributed by atoms with Gasteiger partial charge in [0.05, 0.1) is 25.0 Å². The lowest BCUT2D eigenvalue weighted by atomic mass is 9.90. The molecule has 3 heterocycles. The van der Waals surface area contributed by atoms with Gasteiger partial charge in [0, 0.05) is 45.4 Å². The first-order valence-corrected chi connectivity index (χ1v) is 16.4. The van der Waals surface area contributed by atoms with Crippen molar-refractivity contribution in [1.82, 2.24) is 14.1 Å². The number of likely N-dealkylation sites (N-methyl/N-ethyl adjacent to an activating group) is 1. The fourth-order valence-corrected chi connectivity index (χ4v) is 7.84. The van der Waals surface area contributed by atoms with Crippen LogP contribution in [0.5, 0.6) is 11.5 Å². The fourth-order valence-electron chi connectivity index (χ4n) is 6.13. The van der Waals surface area contributed by atoms with Crippen molar-refractivity contribution in [2.24, 2.45) is 5.92 Å². The van der Waals surface area contributed by atoms with Crippen LogP contribution in [0, 0.1) is 5.92 Å². The number of rotatable bonds is 5. The van der Waals surface area contributed by atoms with Crippen LogP contribution >= 0.6 is 0 Å². The third kappa shape index (κ3) is 7.61. The van der Waals surface area contributed by atoms with E-state index in [1.54, 1.807) is 42.5 Å². The number of ketones is 1. The number of hydrogen-bond acceptors (Lipinski definition) is 8. The average molecular weight is 614 g/mol. The van der Waals surface area contributed by atoms with Crippen LogP contribution in [-0.2, 0) is 42.0 Å². The van der Waals surface area contributed by atoms with E-state index >= 15 is 0 Å². The Labute approximate surface area is 252 Å². The highest BCUT2D eigenvalue weighted by Gasteiger charge is 2.40. The third-order valence-electron chi connectivity index (χ3n) is 8.54. The predicted molar refractivity (Wildman–Crippen MR) is 158 cm³/mol. The molecule has 2 saturated heterocycles. The normalized spacial score (nSPS) is 25.8. The second-order valence-corrected chi connectivity index (χ2v) is 13.6. The van der Waals surface area contributed by atoms with Gasteiger partial charge in [-0.25, -0.2) is 13.2 Å². The molecule has 5 rings (SSSR count). The van der Waals surface area contributed by atoms with Crippen molar-refractivity contribution in [3.05, 3.63) is 59.7 Å². The minimum Gasteiger partial charge on any atom is -0.480 e. The summed E-state index contributed by atoms with van der Waals surface area (Å²) in [6, 6.07) is 12.1. The maximum atomic E-state index is 14.1. The van der Waals surface area contributed by atoms with Crippen LogP contribution in [0.1, 0.15) is 30.4 Å². The zero-order valence-electron chi connectivity index (χ0n) is 24.4. The Morgan fingerprint density at radius 1 is 0.953 bits per heavy atom. The van der Waals surface area contributed by atoms with Gasteiger partial charge in [0.15, 0.2) is 5.78 Å². The van der Waals surface area contributed by atoms with Crippen LogP contribution in [-0.4, -0.2) is 110 Å². The zero-order valence-corrected chi connectivity index (χ0v) is 25.2. The number of morpholine rings is 1. The van der Waals surface area contributed by atoms with Gasteiger partial charge in [-0.05, 0) is 61.2 Å². The molecule has 1 N–H and O–H groups in total. The quantitative estimate of drug-likeness (QED) is 0.539. The summed E-state index contributed by atoms with van der Waals surface area (Å²) in [6.07, 6.45) is 0.747. The Hall–Kier alpha value is -3.32. The van der Waals surface area contributed by atoms with Gasteiger partial charge < -0.3 is 19.5 Å². The lowest BCUT2D eigenvalue weighted by molar-refractivity contribution is -0.151. The van der Waals surface area contributed by atoms with Gasteiger partial charge in [0.1, 0.15) is 17.5 Å². The number of carbonyl (C=O) groups excluding carboxylic acids is 2. The maximum Gasteiger partial charge on any atom is 0.326 e. The molecule has 1 amide bonds. The largest absolute Gasteiger partial charge is 0.480 e. The molecule has 232 valence electrons. The van der Waals surface area contributed by atoms with Crippen LogP contribution in [0.2, 0.25) is 0 Å². The molecular formula is C31H39N3O8S. The summed E-state index contributed by atoms with van der Waals surface area (Å²) in [5, 5.41) is 10.2. The van der Waals surface area contributed by atoms with Crippen LogP contribution in [0.25, 0.3) is 0 Å². The van der Waals surface area contributed by atoms with E-state index in [9.17, 15) is 27.9 Å². The molecule has 2 aromatic rings. The number of amides is 1. The predicted octanol–water partition coefficient (Wildman–Crippen LogP) is 2.19. The van der Waals surface area contributed by atoms with Gasteiger partial charge in [-0.3, -0.25) is 14.5 Å². The van der Waals surface area contributed by atoms with Crippen molar-refractivity contribution in [3.63, 3.8) is 0 Å². The van der Waals surface area contributed by atoms with Crippen molar-refractivity contribution < 1.29 is 37.4 Å². The van der Waals surface area contributed by atoms with Crippen LogP contribution in [0.4, 0.5) is 0 Å². The van der Waals surface area contributed by atoms with Crippen LogP contribution < -0.4 is 4.74 Å². The molecule has 0 aromatic heterocycles. The van der Waals surface area contributed by atoms with Gasteiger partial charge in [-0.1, -0.05) is 24.3 Å². The number of Topliss-reactive ketones (excluding diaryl/α,β-unsaturated/α-hetero) is 1. The summed E-state index contributed by atoms with van der Waals surface area (Å²) in [5.41, 5.74) is 1.42. The van der Waals surface area contributed by atoms with E-state index in [1.165, 1.54) is 16.3 Å². The lowest BCUT2D eigenvalue weighted by Gasteiger charge is -2.32. The first kappa shape index (κ1) is 31.1. The summed E-state index contributed by atoms with van der Waals surface area (Å²) < 4.78 is 38.9. The second kappa shape index (κ2) is 13.5. The van der Waals surface area contributed by atoms with Crippen LogP contribution in [0.15, 0.2) is 48.5 Å². The summed E-state index contributed by atoms with van der Waals surface area (Å²) in [4.78, 5) is 43.9. The minimum atomic E-state index is -3.64. The number of carboxylic acid groups (broad SMARTS) is 1. The molecule has 0 saturated carbocycles. The minimum absolute atomic E-state index is 0.0291. The summed E-state index contributed by atoms with van der Waals surface area (Å²) >= 11 is 0. The molecule has 2 fully saturated rings. The van der Waals surface area contributed by atoms with Crippen LogP contribution in [0.3, 0.4) is 0 Å². The number of sulfonamides is 1. The summed E-state index contributed by atoms with van der Waals surface area (Å²) in [6.45, 7) is 3.32. The van der Waals surface area contributed by atoms with Crippen molar-refractivity contribution in [2.75, 3.05) is 52.2 Å². The van der Waals surface area contributed by atoms with Crippen molar-refractivity contribution in [3.8, 4) is 11.5 Å². The molecule has 0 aliphatic carbocycles. The molecule has 11 nitrogen and oxygen atoms in total. The number of carboxylic acids is 1.